The van der Waals surface area contributed by atoms with Gasteiger partial charge in [-0.2, -0.15) is 26.3 Å². The van der Waals surface area contributed by atoms with Gasteiger partial charge in [-0.25, -0.2) is 36.9 Å². The fourth-order valence-corrected chi connectivity index (χ4v) is 9.71. The van der Waals surface area contributed by atoms with Crippen molar-refractivity contribution in [2.24, 2.45) is 0 Å². The first-order valence-corrected chi connectivity index (χ1v) is 24.8. The van der Waals surface area contributed by atoms with Crippen LogP contribution in [0.25, 0.3) is 17.1 Å². The van der Waals surface area contributed by atoms with Crippen LogP contribution in [0.3, 0.4) is 0 Å². The number of sulfonamides is 2. The number of nitrogens with one attached hydrogen (secondary N) is 3. The Hall–Kier alpha value is -6.19. The number of carbonyl (C=O) groups is 2. The summed E-state index contributed by atoms with van der Waals surface area (Å²) in [6, 6.07) is 12.6. The highest BCUT2D eigenvalue weighted by atomic mass is 127. The van der Waals surface area contributed by atoms with Gasteiger partial charge < -0.3 is 4.98 Å². The molecule has 0 fully saturated rings. The molecule has 0 atom stereocenters. The molecule has 1 amide bonds. The Morgan fingerprint density at radius 1 is 0.746 bits per heavy atom. The summed E-state index contributed by atoms with van der Waals surface area (Å²) in [7, 11) is -6.52. The van der Waals surface area contributed by atoms with E-state index in [2.05, 4.69) is 69.1 Å². The smallest absolute Gasteiger partial charge is 0.346 e. The van der Waals surface area contributed by atoms with Gasteiger partial charge in [-0.15, -0.1) is 0 Å². The Morgan fingerprint density at radius 3 is 1.79 bits per heavy atom. The standard InChI is InChI=1S/C21H14ClF3N4O3S.C16H15ClF3N3O4S.C8H6IN/c1-11-2-3-13(9-16(11)21(23,24)25)33(31,32)29-17-8-12(22)10-28-18(17)19(30)14-4-6-26-20-15(14)5-7-27-20;1-9-4-5-11(7-12(9)16(18,19)20)28(25,26)22-13-6-10(17)8-21-14(13)15(24)23(2)27-3;9-7-4-5-10-8-3-1-2-6(7)8/h2-10,29H,1H3,(H,26,27);4-8,22H,1-3H3;1-2,4-5H,3H2. The number of hydrogen-bond acceptors (Lipinski definition) is 11. The van der Waals surface area contributed by atoms with Crippen LogP contribution in [0.4, 0.5) is 37.7 Å². The van der Waals surface area contributed by atoms with Crippen LogP contribution in [0.15, 0.2) is 114 Å². The molecule has 0 bridgehead atoms. The number of anilines is 2. The number of rotatable bonds is 10. The van der Waals surface area contributed by atoms with E-state index in [9.17, 15) is 52.8 Å². The lowest BCUT2D eigenvalue weighted by atomic mass is 10.0. The molecule has 0 saturated carbocycles. The van der Waals surface area contributed by atoms with Crippen molar-refractivity contribution in [3.63, 3.8) is 0 Å². The predicted octanol–water partition coefficient (Wildman–Crippen LogP) is 10.7. The third-order valence-electron chi connectivity index (χ3n) is 10.1. The third kappa shape index (κ3) is 12.8. The van der Waals surface area contributed by atoms with Crippen LogP contribution >= 0.6 is 45.8 Å². The van der Waals surface area contributed by atoms with Gasteiger partial charge in [0.1, 0.15) is 11.3 Å². The number of fused-ring (bicyclic) bond motifs is 2. The molecule has 71 heavy (non-hydrogen) atoms. The number of aryl methyl sites for hydroxylation is 2. The lowest BCUT2D eigenvalue weighted by molar-refractivity contribution is -0.139. The molecule has 15 nitrogen and oxygen atoms in total. The van der Waals surface area contributed by atoms with Crippen molar-refractivity contribution in [1.29, 1.82) is 0 Å². The van der Waals surface area contributed by atoms with Gasteiger partial charge >= 0.3 is 12.4 Å². The normalized spacial score (nSPS) is 12.3. The fourth-order valence-electron chi connectivity index (χ4n) is 6.58. The zero-order valence-electron chi connectivity index (χ0n) is 36.9. The molecule has 5 heterocycles. The molecule has 26 heteroatoms. The van der Waals surface area contributed by atoms with Crippen molar-refractivity contribution >= 4 is 106 Å². The maximum absolute atomic E-state index is 13.3. The SMILES string of the molecule is CON(C)C(=O)c1ncc(Cl)cc1NS(=O)(=O)c1ccc(C)c(C(F)(F)F)c1.Cc1ccc(S(=O)(=O)Nc2cc(Cl)cnc2C(=O)c2ccnc3[nH]ccc23)cc1C(F)(F)F.Ic1ccnc2c1C=CC2. The molecule has 0 aliphatic heterocycles. The molecular weight excluding hydrogens is 1140 g/mol. The molecule has 8 rings (SSSR count). The number of alkyl halides is 6. The maximum Gasteiger partial charge on any atom is 0.416 e. The topological polar surface area (TPSA) is 206 Å². The van der Waals surface area contributed by atoms with Crippen molar-refractivity contribution < 1.29 is 57.6 Å². The monoisotopic (exact) mass is 1170 g/mol. The molecule has 7 aromatic rings. The van der Waals surface area contributed by atoms with Crippen molar-refractivity contribution in [3.8, 4) is 0 Å². The lowest BCUT2D eigenvalue weighted by Crippen LogP contribution is -2.28. The summed E-state index contributed by atoms with van der Waals surface area (Å²) >= 11 is 14.1. The van der Waals surface area contributed by atoms with Crippen molar-refractivity contribution in [3.05, 3.63) is 168 Å². The highest BCUT2D eigenvalue weighted by Gasteiger charge is 2.35. The average molecular weight is 1180 g/mol. The Labute approximate surface area is 424 Å². The minimum absolute atomic E-state index is 0.00852. The number of ketones is 1. The summed E-state index contributed by atoms with van der Waals surface area (Å²) in [5.74, 6) is -1.42. The number of amides is 1. The molecule has 3 N–H and O–H groups in total. The number of allylic oxidation sites excluding steroid dienone is 1. The Balaban J connectivity index is 0.000000196. The number of pyridine rings is 4. The number of aromatic amines is 1. The maximum atomic E-state index is 13.3. The molecule has 5 aromatic heterocycles. The first-order valence-electron chi connectivity index (χ1n) is 20.0. The Morgan fingerprint density at radius 2 is 1.27 bits per heavy atom. The average Bonchev–Trinajstić information content (AvgIpc) is 3.99. The quantitative estimate of drug-likeness (QED) is 0.0508. The molecule has 0 radical (unpaired) electrons. The summed E-state index contributed by atoms with van der Waals surface area (Å²) in [4.78, 5) is 47.9. The number of H-pyrrole nitrogens is 1. The van der Waals surface area contributed by atoms with E-state index < -0.39 is 65.0 Å². The summed E-state index contributed by atoms with van der Waals surface area (Å²) < 4.78 is 136. The summed E-state index contributed by atoms with van der Waals surface area (Å²) in [5, 5.41) is 1.31. The van der Waals surface area contributed by atoms with Gasteiger partial charge in [0.05, 0.1) is 55.1 Å². The van der Waals surface area contributed by atoms with Gasteiger partial charge in [-0.1, -0.05) is 47.5 Å². The molecule has 2 aromatic carbocycles. The van der Waals surface area contributed by atoms with Crippen LogP contribution < -0.4 is 9.44 Å². The van der Waals surface area contributed by atoms with E-state index in [-0.39, 0.29) is 49.5 Å². The number of nitrogens with zero attached hydrogens (tertiary/aromatic N) is 5. The van der Waals surface area contributed by atoms with Gasteiger partial charge in [0, 0.05) is 64.5 Å². The second-order valence-electron chi connectivity index (χ2n) is 14.9. The number of carbonyl (C=O) groups excluding carboxylic acids is 2. The summed E-state index contributed by atoms with van der Waals surface area (Å²) in [6.07, 6.45) is 2.97. The molecule has 0 spiro atoms. The number of aromatic nitrogens is 5. The van der Waals surface area contributed by atoms with Gasteiger partial charge in [0.2, 0.25) is 5.78 Å². The second kappa shape index (κ2) is 21.7. The van der Waals surface area contributed by atoms with E-state index in [1.807, 2.05) is 12.3 Å². The minimum Gasteiger partial charge on any atom is -0.346 e. The largest absolute Gasteiger partial charge is 0.416 e. The van der Waals surface area contributed by atoms with Crippen LogP contribution in [0.2, 0.25) is 10.0 Å². The van der Waals surface area contributed by atoms with Crippen LogP contribution in [0.1, 0.15) is 60.1 Å². The second-order valence-corrected chi connectivity index (χ2v) is 20.3. The van der Waals surface area contributed by atoms with Crippen LogP contribution in [-0.2, 0) is 43.7 Å². The molecule has 0 unspecified atom stereocenters. The Bertz CT molecular complexity index is 3450. The predicted molar refractivity (Wildman–Crippen MR) is 261 cm³/mol. The van der Waals surface area contributed by atoms with Gasteiger partial charge in [0.15, 0.2) is 5.69 Å². The number of halogens is 9. The Kier molecular flexibility index (Phi) is 16.5. The van der Waals surface area contributed by atoms with Crippen molar-refractivity contribution in [1.82, 2.24) is 30.0 Å². The fraction of sp³-hybridized carbons (Fsp3) is 0.156. The van der Waals surface area contributed by atoms with E-state index in [4.69, 9.17) is 28.0 Å². The van der Waals surface area contributed by atoms with Crippen molar-refractivity contribution in [2.75, 3.05) is 23.6 Å². The van der Waals surface area contributed by atoms with Crippen LogP contribution in [0, 0.1) is 17.4 Å². The van der Waals surface area contributed by atoms with Gasteiger partial charge in [0.25, 0.3) is 26.0 Å². The van der Waals surface area contributed by atoms with Crippen LogP contribution in [0.5, 0.6) is 0 Å². The van der Waals surface area contributed by atoms with Gasteiger partial charge in [-0.05, 0) is 102 Å². The highest BCUT2D eigenvalue weighted by Crippen LogP contribution is 2.36. The van der Waals surface area contributed by atoms with Gasteiger partial charge in [-0.3, -0.25) is 28.9 Å². The molecule has 1 aliphatic carbocycles. The number of hydrogen-bond donors (Lipinski definition) is 3. The zero-order chi connectivity index (χ0) is 52.2. The van der Waals surface area contributed by atoms with E-state index in [0.717, 1.165) is 60.3 Å². The lowest BCUT2D eigenvalue weighted by Gasteiger charge is -2.17. The number of hydroxylamine groups is 2. The third-order valence-corrected chi connectivity index (χ3v) is 14.2. The first-order chi connectivity index (χ1) is 33.2. The van der Waals surface area contributed by atoms with E-state index in [1.54, 1.807) is 12.3 Å². The first kappa shape index (κ1) is 54.1. The molecule has 1 aliphatic rings. The minimum atomic E-state index is -4.74. The molecular formula is C45H35Cl2F6IN8O7S2. The number of benzene rings is 2. The zero-order valence-corrected chi connectivity index (χ0v) is 42.2. The van der Waals surface area contributed by atoms with E-state index in [1.165, 1.54) is 55.1 Å². The van der Waals surface area contributed by atoms with Crippen LogP contribution in [-0.4, -0.2) is 72.7 Å². The summed E-state index contributed by atoms with van der Waals surface area (Å²) in [6.45, 7) is 2.44. The molecule has 0 saturated heterocycles. The highest BCUT2D eigenvalue weighted by molar-refractivity contribution is 14.1. The molecule has 372 valence electrons. The van der Waals surface area contributed by atoms with E-state index >= 15 is 0 Å². The summed E-state index contributed by atoms with van der Waals surface area (Å²) in [5.41, 5.74) is -0.480. The van der Waals surface area contributed by atoms with Crippen molar-refractivity contribution in [2.45, 2.75) is 42.4 Å². The van der Waals surface area contributed by atoms with E-state index in [0.29, 0.717) is 23.2 Å².